The van der Waals surface area contributed by atoms with Crippen LogP contribution in [-0.4, -0.2) is 34.2 Å². The van der Waals surface area contributed by atoms with Crippen LogP contribution in [-0.2, 0) is 17.9 Å². The second-order valence-corrected chi connectivity index (χ2v) is 6.46. The van der Waals surface area contributed by atoms with E-state index in [0.29, 0.717) is 6.42 Å². The molecule has 0 unspecified atom stereocenters. The molecule has 5 heteroatoms. The quantitative estimate of drug-likeness (QED) is 0.941. The van der Waals surface area contributed by atoms with Crippen molar-refractivity contribution in [3.8, 4) is 0 Å². The number of carbonyl (C=O) groups is 1. The van der Waals surface area contributed by atoms with Gasteiger partial charge in [0.2, 0.25) is 5.91 Å². The van der Waals surface area contributed by atoms with Crippen molar-refractivity contribution in [2.75, 3.05) is 13.6 Å². The van der Waals surface area contributed by atoms with E-state index < -0.39 is 0 Å². The standard InChI is InChI=1S/C18H24N4O/c1-13-6-14(2)8-15(7-13)10-21-11-16-4-5-20-22(16)17(12-21)9-18(23)19-3/h4-8,17H,9-12H2,1-3H3,(H,19,23)/t17-/m0/s1. The number of rotatable bonds is 4. The Morgan fingerprint density at radius 1 is 1.30 bits per heavy atom. The zero-order valence-corrected chi connectivity index (χ0v) is 14.0. The van der Waals surface area contributed by atoms with Gasteiger partial charge in [0.1, 0.15) is 0 Å². The molecule has 0 radical (unpaired) electrons. The van der Waals surface area contributed by atoms with Gasteiger partial charge >= 0.3 is 0 Å². The molecular formula is C18H24N4O. The molecule has 1 aromatic heterocycles. The Bertz CT molecular complexity index is 687. The Hall–Kier alpha value is -2.14. The minimum Gasteiger partial charge on any atom is -0.359 e. The Kier molecular flexibility index (Phi) is 4.48. The monoisotopic (exact) mass is 312 g/mol. The van der Waals surface area contributed by atoms with E-state index in [0.717, 1.165) is 19.6 Å². The number of aromatic nitrogens is 2. The highest BCUT2D eigenvalue weighted by Gasteiger charge is 2.27. The van der Waals surface area contributed by atoms with Crippen LogP contribution in [0.25, 0.3) is 0 Å². The highest BCUT2D eigenvalue weighted by molar-refractivity contribution is 5.76. The largest absolute Gasteiger partial charge is 0.359 e. The van der Waals surface area contributed by atoms with Gasteiger partial charge in [-0.1, -0.05) is 29.3 Å². The van der Waals surface area contributed by atoms with Gasteiger partial charge in [-0.2, -0.15) is 5.10 Å². The zero-order chi connectivity index (χ0) is 16.4. The van der Waals surface area contributed by atoms with Gasteiger partial charge in [0, 0.05) is 32.9 Å². The van der Waals surface area contributed by atoms with Gasteiger partial charge in [0.15, 0.2) is 0 Å². The Balaban J connectivity index is 1.78. The first-order valence-electron chi connectivity index (χ1n) is 8.07. The van der Waals surface area contributed by atoms with E-state index >= 15 is 0 Å². The smallest absolute Gasteiger partial charge is 0.221 e. The van der Waals surface area contributed by atoms with Crippen molar-refractivity contribution in [1.29, 1.82) is 0 Å². The maximum atomic E-state index is 11.8. The molecule has 2 aromatic rings. The normalized spacial score (nSPS) is 17.8. The second-order valence-electron chi connectivity index (χ2n) is 6.46. The minimum atomic E-state index is 0.0599. The summed E-state index contributed by atoms with van der Waals surface area (Å²) < 4.78 is 2.01. The summed E-state index contributed by atoms with van der Waals surface area (Å²) in [6, 6.07) is 8.83. The number of benzene rings is 1. The summed E-state index contributed by atoms with van der Waals surface area (Å²) in [5, 5.41) is 7.12. The molecule has 1 aliphatic heterocycles. The molecule has 2 heterocycles. The molecule has 5 nitrogen and oxygen atoms in total. The number of fused-ring (bicyclic) bond motifs is 1. The SMILES string of the molecule is CNC(=O)C[C@H]1CN(Cc2cc(C)cc(C)c2)Cc2ccnn21. The van der Waals surface area contributed by atoms with Crippen LogP contribution in [0.5, 0.6) is 0 Å². The predicted octanol–water partition coefficient (Wildman–Crippen LogP) is 2.19. The van der Waals surface area contributed by atoms with Gasteiger partial charge < -0.3 is 5.32 Å². The van der Waals surface area contributed by atoms with Crippen molar-refractivity contribution in [3.63, 3.8) is 0 Å². The third-order valence-corrected chi connectivity index (χ3v) is 4.34. The van der Waals surface area contributed by atoms with Crippen molar-refractivity contribution >= 4 is 5.91 Å². The molecule has 0 fully saturated rings. The first-order valence-corrected chi connectivity index (χ1v) is 8.07. The third kappa shape index (κ3) is 3.62. The van der Waals surface area contributed by atoms with Crippen molar-refractivity contribution in [3.05, 3.63) is 52.8 Å². The number of nitrogens with one attached hydrogen (secondary N) is 1. The summed E-state index contributed by atoms with van der Waals surface area (Å²) in [5.41, 5.74) is 5.09. The molecule has 122 valence electrons. The highest BCUT2D eigenvalue weighted by atomic mass is 16.1. The van der Waals surface area contributed by atoms with Crippen LogP contribution in [0.1, 0.15) is 34.8 Å². The zero-order valence-electron chi connectivity index (χ0n) is 14.0. The Morgan fingerprint density at radius 3 is 2.74 bits per heavy atom. The van der Waals surface area contributed by atoms with E-state index in [1.165, 1.54) is 22.4 Å². The summed E-state index contributed by atoms with van der Waals surface area (Å²) >= 11 is 0. The summed E-state index contributed by atoms with van der Waals surface area (Å²) in [6.07, 6.45) is 2.29. The third-order valence-electron chi connectivity index (χ3n) is 4.34. The molecular weight excluding hydrogens is 288 g/mol. The average Bonchev–Trinajstić information content (AvgIpc) is 2.94. The first kappa shape index (κ1) is 15.7. The van der Waals surface area contributed by atoms with Gasteiger partial charge in [0.05, 0.1) is 18.2 Å². The van der Waals surface area contributed by atoms with Crippen LogP contribution in [0.2, 0.25) is 0 Å². The van der Waals surface area contributed by atoms with Crippen molar-refractivity contribution in [2.45, 2.75) is 39.4 Å². The summed E-state index contributed by atoms with van der Waals surface area (Å²) in [7, 11) is 1.68. The van der Waals surface area contributed by atoms with Crippen molar-refractivity contribution < 1.29 is 4.79 Å². The lowest BCUT2D eigenvalue weighted by Gasteiger charge is -2.33. The van der Waals surface area contributed by atoms with Crippen LogP contribution < -0.4 is 5.32 Å². The van der Waals surface area contributed by atoms with Crippen molar-refractivity contribution in [1.82, 2.24) is 20.0 Å². The number of aryl methyl sites for hydroxylation is 2. The Morgan fingerprint density at radius 2 is 2.04 bits per heavy atom. The van der Waals surface area contributed by atoms with E-state index in [1.54, 1.807) is 7.05 Å². The molecule has 1 aromatic carbocycles. The molecule has 3 rings (SSSR count). The molecule has 1 atom stereocenters. The number of nitrogens with zero attached hydrogens (tertiary/aromatic N) is 3. The van der Waals surface area contributed by atoms with E-state index in [-0.39, 0.29) is 11.9 Å². The van der Waals surface area contributed by atoms with Crippen molar-refractivity contribution in [2.24, 2.45) is 0 Å². The molecule has 0 saturated carbocycles. The Labute approximate surface area is 137 Å². The maximum absolute atomic E-state index is 11.8. The maximum Gasteiger partial charge on any atom is 0.221 e. The van der Waals surface area contributed by atoms with Gasteiger partial charge in [-0.05, 0) is 25.5 Å². The number of hydrogen-bond donors (Lipinski definition) is 1. The lowest BCUT2D eigenvalue weighted by Crippen LogP contribution is -2.39. The summed E-state index contributed by atoms with van der Waals surface area (Å²) in [6.45, 7) is 6.89. The molecule has 0 saturated heterocycles. The minimum absolute atomic E-state index is 0.0599. The molecule has 0 aliphatic carbocycles. The number of carbonyl (C=O) groups excluding carboxylic acids is 1. The lowest BCUT2D eigenvalue weighted by atomic mass is 10.1. The molecule has 0 spiro atoms. The number of amides is 1. The van der Waals surface area contributed by atoms with Crippen LogP contribution >= 0.6 is 0 Å². The summed E-state index contributed by atoms with van der Waals surface area (Å²) in [4.78, 5) is 14.2. The molecule has 23 heavy (non-hydrogen) atoms. The highest BCUT2D eigenvalue weighted by Crippen LogP contribution is 2.24. The topological polar surface area (TPSA) is 50.2 Å². The predicted molar refractivity (Wildman–Crippen MR) is 90.0 cm³/mol. The fourth-order valence-corrected chi connectivity index (χ4v) is 3.47. The van der Waals surface area contributed by atoms with Crippen LogP contribution in [0.3, 0.4) is 0 Å². The number of hydrogen-bond acceptors (Lipinski definition) is 3. The average molecular weight is 312 g/mol. The molecule has 1 amide bonds. The van der Waals surface area contributed by atoms with Gasteiger partial charge in [0.25, 0.3) is 0 Å². The van der Waals surface area contributed by atoms with E-state index in [9.17, 15) is 4.79 Å². The van der Waals surface area contributed by atoms with Gasteiger partial charge in [-0.25, -0.2) is 0 Å². The van der Waals surface area contributed by atoms with Crippen LogP contribution in [0.4, 0.5) is 0 Å². The fourth-order valence-electron chi connectivity index (χ4n) is 3.47. The van der Waals surface area contributed by atoms with Gasteiger partial charge in [-0.15, -0.1) is 0 Å². The van der Waals surface area contributed by atoms with Crippen LogP contribution in [0.15, 0.2) is 30.5 Å². The molecule has 1 N–H and O–H groups in total. The van der Waals surface area contributed by atoms with E-state index in [1.807, 2.05) is 16.9 Å². The van der Waals surface area contributed by atoms with E-state index in [2.05, 4.69) is 47.4 Å². The molecule has 0 bridgehead atoms. The molecule has 1 aliphatic rings. The lowest BCUT2D eigenvalue weighted by molar-refractivity contribution is -0.121. The summed E-state index contributed by atoms with van der Waals surface area (Å²) in [5.74, 6) is 0.0599. The van der Waals surface area contributed by atoms with Crippen LogP contribution in [0, 0.1) is 13.8 Å². The van der Waals surface area contributed by atoms with Gasteiger partial charge in [-0.3, -0.25) is 14.4 Å². The van der Waals surface area contributed by atoms with E-state index in [4.69, 9.17) is 0 Å². The first-order chi connectivity index (χ1) is 11.0. The fraction of sp³-hybridized carbons (Fsp3) is 0.444. The second kappa shape index (κ2) is 6.54.